The first-order chi connectivity index (χ1) is 20.6. The number of thioether (sulfide) groups is 1. The van der Waals surface area contributed by atoms with Gasteiger partial charge in [0, 0.05) is 16.9 Å². The maximum atomic E-state index is 13.8. The molecule has 2 heterocycles. The zero-order chi connectivity index (χ0) is 30.7. The molecule has 0 atom stereocenters. The van der Waals surface area contributed by atoms with Crippen molar-refractivity contribution in [2.24, 2.45) is 0 Å². The Hall–Kier alpha value is -4.66. The molecular formula is C32H23F3N4O2S2. The van der Waals surface area contributed by atoms with Crippen molar-refractivity contribution in [3.63, 3.8) is 0 Å². The smallest absolute Gasteiger partial charge is 0.433 e. The van der Waals surface area contributed by atoms with Gasteiger partial charge < -0.3 is 10.1 Å². The molecule has 1 fully saturated rings. The van der Waals surface area contributed by atoms with Gasteiger partial charge in [-0.05, 0) is 66.2 Å². The second-order valence-electron chi connectivity index (χ2n) is 9.49. The molecule has 3 aromatic carbocycles. The average molecular weight is 617 g/mol. The van der Waals surface area contributed by atoms with Gasteiger partial charge in [0.1, 0.15) is 28.2 Å². The van der Waals surface area contributed by atoms with Crippen LogP contribution < -0.4 is 15.0 Å². The summed E-state index contributed by atoms with van der Waals surface area (Å²) in [6, 6.07) is 24.0. The third-order valence-corrected chi connectivity index (χ3v) is 8.00. The van der Waals surface area contributed by atoms with Crippen molar-refractivity contribution in [1.82, 2.24) is 10.3 Å². The Labute approximate surface area is 255 Å². The lowest BCUT2D eigenvalue weighted by atomic mass is 10.0. The zero-order valence-corrected chi connectivity index (χ0v) is 24.5. The van der Waals surface area contributed by atoms with Crippen molar-refractivity contribution < 1.29 is 22.7 Å². The largest absolute Gasteiger partial charge is 0.496 e. The Balaban J connectivity index is 1.47. The predicted octanol–water partition coefficient (Wildman–Crippen LogP) is 7.51. The number of hydrogen-bond acceptors (Lipinski definition) is 6. The Morgan fingerprint density at radius 3 is 2.49 bits per heavy atom. The monoisotopic (exact) mass is 616 g/mol. The summed E-state index contributed by atoms with van der Waals surface area (Å²) in [5.41, 5.74) is 2.71. The molecule has 0 unspecified atom stereocenters. The van der Waals surface area contributed by atoms with Crippen molar-refractivity contribution in [3.8, 4) is 22.9 Å². The molecule has 1 amide bonds. The summed E-state index contributed by atoms with van der Waals surface area (Å²) in [7, 11) is 1.49. The van der Waals surface area contributed by atoms with Crippen LogP contribution in [0, 0.1) is 18.3 Å². The van der Waals surface area contributed by atoms with E-state index in [1.165, 1.54) is 12.0 Å². The fourth-order valence-corrected chi connectivity index (χ4v) is 5.88. The van der Waals surface area contributed by atoms with Crippen molar-refractivity contribution >= 4 is 46.8 Å². The maximum absolute atomic E-state index is 13.8. The van der Waals surface area contributed by atoms with Gasteiger partial charge in [0.2, 0.25) is 0 Å². The minimum Gasteiger partial charge on any atom is -0.496 e. The van der Waals surface area contributed by atoms with Crippen LogP contribution in [-0.2, 0) is 16.7 Å². The first-order valence-corrected chi connectivity index (χ1v) is 14.3. The molecule has 1 aliphatic rings. The van der Waals surface area contributed by atoms with Crippen LogP contribution in [0.25, 0.3) is 17.2 Å². The van der Waals surface area contributed by atoms with Gasteiger partial charge in [-0.3, -0.25) is 9.69 Å². The third kappa shape index (κ3) is 6.26. The highest BCUT2D eigenvalue weighted by Crippen LogP contribution is 2.38. The Bertz CT molecular complexity index is 1800. The van der Waals surface area contributed by atoms with E-state index in [4.69, 9.17) is 17.0 Å². The van der Waals surface area contributed by atoms with Crippen LogP contribution in [-0.4, -0.2) is 23.1 Å². The fourth-order valence-electron chi connectivity index (χ4n) is 4.61. The highest BCUT2D eigenvalue weighted by Gasteiger charge is 2.35. The summed E-state index contributed by atoms with van der Waals surface area (Å²) in [6.45, 7) is 1.89. The Morgan fingerprint density at radius 1 is 1.09 bits per heavy atom. The summed E-state index contributed by atoms with van der Waals surface area (Å²) < 4.78 is 47.0. The second-order valence-corrected chi connectivity index (χ2v) is 10.8. The summed E-state index contributed by atoms with van der Waals surface area (Å²) in [6.07, 6.45) is -3.05. The number of alkyl halides is 3. The minimum atomic E-state index is -4.70. The third-order valence-electron chi connectivity index (χ3n) is 6.69. The molecule has 4 aromatic rings. The summed E-state index contributed by atoms with van der Waals surface area (Å²) >= 11 is 6.44. The molecule has 0 radical (unpaired) electrons. The molecule has 1 saturated heterocycles. The van der Waals surface area contributed by atoms with Gasteiger partial charge in [0.05, 0.1) is 18.4 Å². The number of nitriles is 1. The number of carbonyl (C=O) groups is 1. The minimum absolute atomic E-state index is 0.0474. The normalized spacial score (nSPS) is 14.1. The van der Waals surface area contributed by atoms with Crippen LogP contribution in [0.1, 0.15) is 27.9 Å². The molecule has 43 heavy (non-hydrogen) atoms. The standard InChI is InChI=1S/C32H23F3N4O2S2/c1-19-8-6-7-11-26(19)39-30(40)25(37-31(39)42)15-20-12-13-27(41-2)22(14-20)18-43-29-24(17-36)23(21-9-4-3-5-10-21)16-28(38-29)32(33,34)35/h3-16H,18H2,1-2H3,(H,37,42)/b25-15+. The number of pyridine rings is 1. The fraction of sp³-hybridized carbons (Fsp3) is 0.125. The number of para-hydroxylation sites is 1. The lowest BCUT2D eigenvalue weighted by molar-refractivity contribution is -0.141. The molecule has 6 nitrogen and oxygen atoms in total. The van der Waals surface area contributed by atoms with E-state index < -0.39 is 11.9 Å². The van der Waals surface area contributed by atoms with E-state index in [0.717, 1.165) is 23.4 Å². The van der Waals surface area contributed by atoms with Crippen LogP contribution in [0.5, 0.6) is 5.75 Å². The first kappa shape index (κ1) is 29.8. The van der Waals surface area contributed by atoms with Gasteiger partial charge >= 0.3 is 6.18 Å². The van der Waals surface area contributed by atoms with E-state index in [1.54, 1.807) is 54.6 Å². The first-order valence-electron chi connectivity index (χ1n) is 12.9. The van der Waals surface area contributed by atoms with Crippen LogP contribution in [0.2, 0.25) is 0 Å². The van der Waals surface area contributed by atoms with Gasteiger partial charge in [-0.2, -0.15) is 18.4 Å². The molecule has 1 N–H and O–H groups in total. The number of aryl methyl sites for hydroxylation is 1. The summed E-state index contributed by atoms with van der Waals surface area (Å²) in [5, 5.41) is 13.1. The zero-order valence-electron chi connectivity index (χ0n) is 22.9. The molecule has 0 bridgehead atoms. The quantitative estimate of drug-likeness (QED) is 0.131. The molecule has 0 saturated carbocycles. The molecule has 5 rings (SSSR count). The highest BCUT2D eigenvalue weighted by molar-refractivity contribution is 7.98. The lowest BCUT2D eigenvalue weighted by Gasteiger charge is -2.16. The number of nitrogens with one attached hydrogen (secondary N) is 1. The average Bonchev–Trinajstić information content (AvgIpc) is 3.27. The SMILES string of the molecule is COc1ccc(/C=C2/NC(=S)N(c3ccccc3C)C2=O)cc1CSc1nc(C(F)(F)F)cc(-c2ccccc2)c1C#N. The van der Waals surface area contributed by atoms with E-state index in [1.807, 2.05) is 37.3 Å². The van der Waals surface area contributed by atoms with Gasteiger partial charge in [0.25, 0.3) is 5.91 Å². The number of aromatic nitrogens is 1. The number of thiocarbonyl (C=S) groups is 1. The number of anilines is 1. The van der Waals surface area contributed by atoms with Crippen molar-refractivity contribution in [1.29, 1.82) is 5.26 Å². The number of benzene rings is 3. The predicted molar refractivity (Wildman–Crippen MR) is 164 cm³/mol. The number of methoxy groups -OCH3 is 1. The van der Waals surface area contributed by atoms with E-state index in [2.05, 4.69) is 10.3 Å². The van der Waals surface area contributed by atoms with Crippen molar-refractivity contribution in [3.05, 3.63) is 113 Å². The van der Waals surface area contributed by atoms with E-state index in [0.29, 0.717) is 28.1 Å². The number of amides is 1. The molecule has 0 spiro atoms. The number of nitrogens with zero attached hydrogens (tertiary/aromatic N) is 3. The van der Waals surface area contributed by atoms with E-state index in [9.17, 15) is 23.2 Å². The van der Waals surface area contributed by atoms with Crippen LogP contribution in [0.4, 0.5) is 18.9 Å². The van der Waals surface area contributed by atoms with Crippen molar-refractivity contribution in [2.75, 3.05) is 12.0 Å². The summed E-state index contributed by atoms with van der Waals surface area (Å²) in [4.78, 5) is 18.5. The number of ether oxygens (including phenoxy) is 1. The molecular weight excluding hydrogens is 594 g/mol. The van der Waals surface area contributed by atoms with Gasteiger partial charge in [-0.15, -0.1) is 11.8 Å². The van der Waals surface area contributed by atoms with E-state index in [-0.39, 0.29) is 38.6 Å². The van der Waals surface area contributed by atoms with E-state index >= 15 is 0 Å². The number of rotatable bonds is 7. The topological polar surface area (TPSA) is 78.2 Å². The number of halogens is 3. The number of carbonyl (C=O) groups excluding carboxylic acids is 1. The van der Waals surface area contributed by atoms with Crippen molar-refractivity contribution in [2.45, 2.75) is 23.9 Å². The molecule has 0 aliphatic carbocycles. The second kappa shape index (κ2) is 12.3. The molecule has 1 aliphatic heterocycles. The highest BCUT2D eigenvalue weighted by atomic mass is 32.2. The van der Waals surface area contributed by atoms with Crippen LogP contribution in [0.3, 0.4) is 0 Å². The molecule has 216 valence electrons. The molecule has 11 heteroatoms. The van der Waals surface area contributed by atoms with Crippen LogP contribution >= 0.6 is 24.0 Å². The summed E-state index contributed by atoms with van der Waals surface area (Å²) in [5.74, 6) is 0.324. The molecule has 1 aromatic heterocycles. The van der Waals surface area contributed by atoms with Gasteiger partial charge in [-0.25, -0.2) is 4.98 Å². The van der Waals surface area contributed by atoms with Gasteiger partial charge in [-0.1, -0.05) is 54.6 Å². The number of hydrogen-bond donors (Lipinski definition) is 1. The van der Waals surface area contributed by atoms with Gasteiger partial charge in [0.15, 0.2) is 5.11 Å². The maximum Gasteiger partial charge on any atom is 0.433 e. The Kier molecular flexibility index (Phi) is 8.52. The lowest BCUT2D eigenvalue weighted by Crippen LogP contribution is -2.30. The Morgan fingerprint density at radius 2 is 1.81 bits per heavy atom. The van der Waals surface area contributed by atoms with Crippen LogP contribution in [0.15, 0.2) is 89.6 Å².